The van der Waals surface area contributed by atoms with E-state index in [2.05, 4.69) is 16.0 Å². The predicted molar refractivity (Wildman–Crippen MR) is 102 cm³/mol. The lowest BCUT2D eigenvalue weighted by molar-refractivity contribution is -0.0327. The molecule has 3 aliphatic rings. The Kier molecular flexibility index (Phi) is 6.91. The predicted octanol–water partition coefficient (Wildman–Crippen LogP) is 4.50. The summed E-state index contributed by atoms with van der Waals surface area (Å²) >= 11 is 0. The van der Waals surface area contributed by atoms with Gasteiger partial charge in [0, 0.05) is 0 Å². The molecule has 6 nitrogen and oxygen atoms in total. The molecule has 0 aromatic heterocycles. The highest BCUT2D eigenvalue weighted by Crippen LogP contribution is 2.21. The van der Waals surface area contributed by atoms with Crippen molar-refractivity contribution >= 4 is 17.8 Å². The molecule has 1 aromatic carbocycles. The second-order valence-corrected chi connectivity index (χ2v) is 7.41. The molecule has 1 heterocycles. The van der Waals surface area contributed by atoms with E-state index in [0.29, 0.717) is 12.1 Å². The maximum absolute atomic E-state index is 11.1. The highest BCUT2D eigenvalue weighted by molar-refractivity contribution is 6.20. The third-order valence-electron chi connectivity index (χ3n) is 5.40. The molecule has 6 heteroatoms. The van der Waals surface area contributed by atoms with Gasteiger partial charge in [-0.2, -0.15) is 0 Å². The minimum absolute atomic E-state index is 0.130. The lowest BCUT2D eigenvalue weighted by Gasteiger charge is -2.17. The van der Waals surface area contributed by atoms with E-state index >= 15 is 0 Å². The van der Waals surface area contributed by atoms with Crippen molar-refractivity contribution in [3.8, 4) is 0 Å². The van der Waals surface area contributed by atoms with Crippen molar-refractivity contribution in [3.63, 3.8) is 0 Å². The Morgan fingerprint density at radius 1 is 0.778 bits per heavy atom. The average molecular weight is 369 g/mol. The van der Waals surface area contributed by atoms with Gasteiger partial charge in [-0.1, -0.05) is 50.7 Å². The van der Waals surface area contributed by atoms with Crippen molar-refractivity contribution in [2.75, 3.05) is 0 Å². The molecular weight excluding hydrogens is 342 g/mol. The zero-order chi connectivity index (χ0) is 19.1. The molecule has 0 unspecified atom stereocenters. The van der Waals surface area contributed by atoms with Gasteiger partial charge >= 0.3 is 0 Å². The second-order valence-electron chi connectivity index (χ2n) is 7.41. The molecule has 2 aliphatic carbocycles. The van der Waals surface area contributed by atoms with Crippen LogP contribution in [0.25, 0.3) is 0 Å². The molecule has 1 aromatic rings. The van der Waals surface area contributed by atoms with Gasteiger partial charge in [-0.3, -0.25) is 14.8 Å². The molecule has 4 rings (SSSR count). The zero-order valence-corrected chi connectivity index (χ0v) is 15.6. The van der Waals surface area contributed by atoms with Crippen molar-refractivity contribution in [2.24, 2.45) is 9.98 Å². The minimum Gasteiger partial charge on any atom is -0.278 e. The molecule has 2 fully saturated rings. The number of nitrogens with zero attached hydrogens (tertiary/aromatic N) is 3. The molecular formula is C21H27N3O3. The van der Waals surface area contributed by atoms with Crippen LogP contribution in [-0.2, 0) is 0 Å². The summed E-state index contributed by atoms with van der Waals surface area (Å²) in [6, 6.07) is 10.3. The van der Waals surface area contributed by atoms with Gasteiger partial charge in [0.25, 0.3) is 11.8 Å². The standard InChI is InChI=1S/C13H22N2.C8H5NO3/c1-3-7-12(8-4-1)14-11-15-13-9-5-2-6-10-13;10-7-5-3-1-2-4-6(5)8(11)9(7)12/h12-13H,1-10H2;1-4,12H. The Labute approximate surface area is 160 Å². The molecule has 2 amide bonds. The van der Waals surface area contributed by atoms with Crippen LogP contribution < -0.4 is 0 Å². The number of carbonyl (C=O) groups is 2. The zero-order valence-electron chi connectivity index (χ0n) is 15.6. The Morgan fingerprint density at radius 3 is 1.59 bits per heavy atom. The van der Waals surface area contributed by atoms with Gasteiger partial charge < -0.3 is 0 Å². The summed E-state index contributed by atoms with van der Waals surface area (Å²) < 4.78 is 0. The fourth-order valence-electron chi connectivity index (χ4n) is 3.79. The van der Waals surface area contributed by atoms with Crippen LogP contribution in [0.5, 0.6) is 0 Å². The van der Waals surface area contributed by atoms with Crippen LogP contribution >= 0.6 is 0 Å². The summed E-state index contributed by atoms with van der Waals surface area (Å²) in [4.78, 5) is 31.0. The molecule has 0 bridgehead atoms. The fraction of sp³-hybridized carbons (Fsp3) is 0.571. The largest absolute Gasteiger partial charge is 0.285 e. The topological polar surface area (TPSA) is 82.3 Å². The van der Waals surface area contributed by atoms with Gasteiger partial charge in [-0.15, -0.1) is 5.06 Å². The summed E-state index contributed by atoms with van der Waals surface area (Å²) in [6.45, 7) is 0. The van der Waals surface area contributed by atoms with Crippen LogP contribution in [0.4, 0.5) is 0 Å². The highest BCUT2D eigenvalue weighted by atomic mass is 16.5. The van der Waals surface area contributed by atoms with Crippen LogP contribution in [-0.4, -0.2) is 40.2 Å². The molecule has 0 saturated heterocycles. The molecule has 1 N–H and O–H groups in total. The molecule has 0 radical (unpaired) electrons. The number of imide groups is 1. The summed E-state index contributed by atoms with van der Waals surface area (Å²) in [6.07, 6.45) is 13.2. The number of hydrogen-bond donors (Lipinski definition) is 1. The lowest BCUT2D eigenvalue weighted by Crippen LogP contribution is -2.25. The molecule has 144 valence electrons. The summed E-state index contributed by atoms with van der Waals surface area (Å²) in [5, 5.41) is 9.05. The van der Waals surface area contributed by atoms with Crippen molar-refractivity contribution in [2.45, 2.75) is 76.3 Å². The number of aliphatic imine (C=N–C) groups is 2. The molecule has 27 heavy (non-hydrogen) atoms. The number of hydrogen-bond acceptors (Lipinski definition) is 5. The number of amides is 2. The summed E-state index contributed by atoms with van der Waals surface area (Å²) in [5.41, 5.74) is 0.509. The summed E-state index contributed by atoms with van der Waals surface area (Å²) in [5.74, 6) is -1.31. The number of rotatable bonds is 2. The lowest BCUT2D eigenvalue weighted by atomic mass is 9.96. The molecule has 0 atom stereocenters. The van der Waals surface area contributed by atoms with Gasteiger partial charge in [-0.05, 0) is 37.8 Å². The highest BCUT2D eigenvalue weighted by Gasteiger charge is 2.34. The van der Waals surface area contributed by atoms with E-state index in [9.17, 15) is 9.59 Å². The number of hydroxylamine groups is 2. The van der Waals surface area contributed by atoms with Gasteiger partial charge in [0.1, 0.15) is 0 Å². The maximum Gasteiger partial charge on any atom is 0.285 e. The van der Waals surface area contributed by atoms with E-state index in [0.717, 1.165) is 0 Å². The van der Waals surface area contributed by atoms with Crippen molar-refractivity contribution in [1.82, 2.24) is 5.06 Å². The SMILES string of the molecule is C(=NC1CCCCC1)=NC1CCCCC1.O=C1c2ccccc2C(=O)N1O. The van der Waals surface area contributed by atoms with E-state index in [1.165, 1.54) is 76.3 Å². The maximum atomic E-state index is 11.1. The second kappa shape index (κ2) is 9.58. The quantitative estimate of drug-likeness (QED) is 0.473. The van der Waals surface area contributed by atoms with Crippen molar-refractivity contribution in [3.05, 3.63) is 35.4 Å². The molecule has 1 aliphatic heterocycles. The van der Waals surface area contributed by atoms with E-state index in [1.54, 1.807) is 12.1 Å². The number of carbonyl (C=O) groups excluding carboxylic acids is 2. The minimum atomic E-state index is -0.657. The Hall–Kier alpha value is -2.30. The normalized spacial score (nSPS) is 20.4. The van der Waals surface area contributed by atoms with E-state index < -0.39 is 11.8 Å². The first-order chi connectivity index (χ1) is 13.2. The van der Waals surface area contributed by atoms with Crippen LogP contribution in [0.2, 0.25) is 0 Å². The monoisotopic (exact) mass is 369 g/mol. The van der Waals surface area contributed by atoms with E-state index in [1.807, 2.05) is 0 Å². The first-order valence-electron chi connectivity index (χ1n) is 9.98. The van der Waals surface area contributed by atoms with E-state index in [4.69, 9.17) is 5.21 Å². The first-order valence-corrected chi connectivity index (χ1v) is 9.98. The third kappa shape index (κ3) is 5.12. The van der Waals surface area contributed by atoms with Crippen molar-refractivity contribution in [1.29, 1.82) is 0 Å². The van der Waals surface area contributed by atoms with Gasteiger partial charge in [0.05, 0.1) is 29.2 Å². The third-order valence-corrected chi connectivity index (χ3v) is 5.40. The number of fused-ring (bicyclic) bond motifs is 1. The van der Waals surface area contributed by atoms with Crippen LogP contribution in [0, 0.1) is 0 Å². The van der Waals surface area contributed by atoms with Crippen molar-refractivity contribution < 1.29 is 14.8 Å². The number of benzene rings is 1. The molecule has 2 saturated carbocycles. The van der Waals surface area contributed by atoms with Gasteiger partial charge in [0.15, 0.2) is 0 Å². The molecule has 0 spiro atoms. The average Bonchev–Trinajstić information content (AvgIpc) is 2.95. The Morgan fingerprint density at radius 2 is 1.19 bits per heavy atom. The first kappa shape index (κ1) is 19.5. The van der Waals surface area contributed by atoms with Crippen LogP contribution in [0.15, 0.2) is 34.3 Å². The Bertz CT molecular complexity index is 671. The van der Waals surface area contributed by atoms with E-state index in [-0.39, 0.29) is 16.2 Å². The Balaban J connectivity index is 0.000000159. The fourth-order valence-corrected chi connectivity index (χ4v) is 3.79. The van der Waals surface area contributed by atoms with Gasteiger partial charge in [-0.25, -0.2) is 9.98 Å². The van der Waals surface area contributed by atoms with Crippen LogP contribution in [0.3, 0.4) is 0 Å². The van der Waals surface area contributed by atoms with Crippen LogP contribution in [0.1, 0.15) is 84.9 Å². The smallest absolute Gasteiger partial charge is 0.278 e. The summed E-state index contributed by atoms with van der Waals surface area (Å²) in [7, 11) is 0. The van der Waals surface area contributed by atoms with Gasteiger partial charge in [0.2, 0.25) is 0 Å².